The summed E-state index contributed by atoms with van der Waals surface area (Å²) in [5.74, 6) is 0.320. The minimum Gasteiger partial charge on any atom is -0.399 e. The fourth-order valence-electron chi connectivity index (χ4n) is 1.73. The molecule has 0 radical (unpaired) electrons. The molecule has 0 aromatic heterocycles. The van der Waals surface area contributed by atoms with Crippen molar-refractivity contribution in [3.05, 3.63) is 18.2 Å². The standard InChI is InChI=1S/C13H23N3O3S/c1-4-19-8-13(9(2)3)16-11-5-10(14)6-12(7-11)20(15,17)18/h5-7,9,13,16H,4,8,14H2,1-3H3,(H2,15,17,18). The Kier molecular flexibility index (Phi) is 5.79. The lowest BCUT2D eigenvalue weighted by Crippen LogP contribution is -2.31. The van der Waals surface area contributed by atoms with Gasteiger partial charge in [-0.15, -0.1) is 0 Å². The van der Waals surface area contributed by atoms with Crippen LogP contribution in [0.3, 0.4) is 0 Å². The topological polar surface area (TPSA) is 107 Å². The number of ether oxygens (including phenoxy) is 1. The highest BCUT2D eigenvalue weighted by Gasteiger charge is 2.15. The van der Waals surface area contributed by atoms with Gasteiger partial charge in [-0.25, -0.2) is 13.6 Å². The first-order valence-electron chi connectivity index (χ1n) is 6.51. The van der Waals surface area contributed by atoms with Crippen LogP contribution in [0.5, 0.6) is 0 Å². The molecule has 1 aromatic rings. The maximum atomic E-state index is 11.4. The molecule has 6 nitrogen and oxygen atoms in total. The van der Waals surface area contributed by atoms with Crippen LogP contribution in [0.2, 0.25) is 0 Å². The highest BCUT2D eigenvalue weighted by Crippen LogP contribution is 2.21. The Bertz CT molecular complexity index is 544. The van der Waals surface area contributed by atoms with Gasteiger partial charge in [0.1, 0.15) is 0 Å². The summed E-state index contributed by atoms with van der Waals surface area (Å²) in [6, 6.07) is 4.56. The molecule has 1 aromatic carbocycles. The third-order valence-corrected chi connectivity index (χ3v) is 3.81. The number of hydrogen-bond donors (Lipinski definition) is 3. The Labute approximate surface area is 120 Å². The third kappa shape index (κ3) is 4.99. The summed E-state index contributed by atoms with van der Waals surface area (Å²) in [4.78, 5) is -0.00100. The van der Waals surface area contributed by atoms with Crippen molar-refractivity contribution in [2.45, 2.75) is 31.7 Å². The molecule has 0 aliphatic carbocycles. The fourth-order valence-corrected chi connectivity index (χ4v) is 2.32. The third-order valence-electron chi connectivity index (χ3n) is 2.92. The molecule has 0 saturated carbocycles. The smallest absolute Gasteiger partial charge is 0.238 e. The number of nitrogen functional groups attached to an aromatic ring is 1. The minimum absolute atomic E-state index is 0.00100. The zero-order chi connectivity index (χ0) is 15.3. The van der Waals surface area contributed by atoms with E-state index in [0.717, 1.165) is 0 Å². The lowest BCUT2D eigenvalue weighted by molar-refractivity contribution is 0.127. The van der Waals surface area contributed by atoms with Gasteiger partial charge in [-0.1, -0.05) is 13.8 Å². The van der Waals surface area contributed by atoms with E-state index in [9.17, 15) is 8.42 Å². The minimum atomic E-state index is -3.77. The number of rotatable bonds is 7. The lowest BCUT2D eigenvalue weighted by Gasteiger charge is -2.23. The van der Waals surface area contributed by atoms with Gasteiger partial charge < -0.3 is 15.8 Å². The Hall–Kier alpha value is -1.31. The molecule has 0 saturated heterocycles. The Balaban J connectivity index is 2.98. The van der Waals surface area contributed by atoms with Crippen LogP contribution in [0.15, 0.2) is 23.1 Å². The van der Waals surface area contributed by atoms with Crippen molar-refractivity contribution < 1.29 is 13.2 Å². The number of benzene rings is 1. The number of nitrogens with two attached hydrogens (primary N) is 2. The van der Waals surface area contributed by atoms with Crippen LogP contribution in [-0.2, 0) is 14.8 Å². The molecule has 7 heteroatoms. The molecule has 1 atom stereocenters. The van der Waals surface area contributed by atoms with E-state index in [-0.39, 0.29) is 10.9 Å². The van der Waals surface area contributed by atoms with Crippen LogP contribution in [0.1, 0.15) is 20.8 Å². The van der Waals surface area contributed by atoms with E-state index in [1.165, 1.54) is 12.1 Å². The van der Waals surface area contributed by atoms with Crippen LogP contribution in [0.4, 0.5) is 11.4 Å². The van der Waals surface area contributed by atoms with Gasteiger partial charge in [-0.3, -0.25) is 0 Å². The van der Waals surface area contributed by atoms with Crippen LogP contribution in [-0.4, -0.2) is 27.7 Å². The first-order valence-corrected chi connectivity index (χ1v) is 8.06. The second-order valence-corrected chi connectivity index (χ2v) is 6.55. The van der Waals surface area contributed by atoms with E-state index in [0.29, 0.717) is 30.5 Å². The summed E-state index contributed by atoms with van der Waals surface area (Å²) in [6.07, 6.45) is 0. The van der Waals surface area contributed by atoms with Crippen LogP contribution >= 0.6 is 0 Å². The van der Waals surface area contributed by atoms with E-state index in [2.05, 4.69) is 19.2 Å². The lowest BCUT2D eigenvalue weighted by atomic mass is 10.0. The summed E-state index contributed by atoms with van der Waals surface area (Å²) >= 11 is 0. The monoisotopic (exact) mass is 301 g/mol. The van der Waals surface area contributed by atoms with Gasteiger partial charge in [0.2, 0.25) is 10.0 Å². The molecule has 0 fully saturated rings. The van der Waals surface area contributed by atoms with Crippen LogP contribution < -0.4 is 16.2 Å². The fraction of sp³-hybridized carbons (Fsp3) is 0.538. The summed E-state index contributed by atoms with van der Waals surface area (Å²) in [7, 11) is -3.77. The van der Waals surface area contributed by atoms with Gasteiger partial charge >= 0.3 is 0 Å². The molecule has 1 rings (SSSR count). The molecule has 0 spiro atoms. The molecular formula is C13H23N3O3S. The quantitative estimate of drug-likeness (QED) is 0.660. The molecular weight excluding hydrogens is 278 g/mol. The molecule has 0 heterocycles. The predicted octanol–water partition coefficient (Wildman–Crippen LogP) is 1.39. The maximum Gasteiger partial charge on any atom is 0.238 e. The van der Waals surface area contributed by atoms with Crippen molar-refractivity contribution in [3.63, 3.8) is 0 Å². The molecule has 114 valence electrons. The zero-order valence-corrected chi connectivity index (χ0v) is 12.9. The predicted molar refractivity (Wildman–Crippen MR) is 81.0 cm³/mol. The Morgan fingerprint density at radius 3 is 2.45 bits per heavy atom. The number of nitrogens with one attached hydrogen (secondary N) is 1. The molecule has 0 bridgehead atoms. The van der Waals surface area contributed by atoms with E-state index in [1.807, 2.05) is 6.92 Å². The van der Waals surface area contributed by atoms with E-state index >= 15 is 0 Å². The van der Waals surface area contributed by atoms with Crippen molar-refractivity contribution in [1.82, 2.24) is 0 Å². The van der Waals surface area contributed by atoms with Crippen molar-refractivity contribution in [1.29, 1.82) is 0 Å². The second-order valence-electron chi connectivity index (χ2n) is 4.99. The van der Waals surface area contributed by atoms with Crippen molar-refractivity contribution in [3.8, 4) is 0 Å². The molecule has 1 unspecified atom stereocenters. The Morgan fingerprint density at radius 1 is 1.30 bits per heavy atom. The summed E-state index contributed by atoms with van der Waals surface area (Å²) in [5, 5.41) is 8.37. The summed E-state index contributed by atoms with van der Waals surface area (Å²) < 4.78 is 28.2. The number of sulfonamides is 1. The summed E-state index contributed by atoms with van der Waals surface area (Å²) in [6.45, 7) is 7.21. The molecule has 5 N–H and O–H groups in total. The Morgan fingerprint density at radius 2 is 1.95 bits per heavy atom. The van der Waals surface area contributed by atoms with E-state index in [1.54, 1.807) is 6.07 Å². The largest absolute Gasteiger partial charge is 0.399 e. The molecule has 0 aliphatic heterocycles. The molecule has 20 heavy (non-hydrogen) atoms. The molecule has 0 amide bonds. The van der Waals surface area contributed by atoms with Gasteiger partial charge in [0, 0.05) is 18.0 Å². The van der Waals surface area contributed by atoms with E-state index in [4.69, 9.17) is 15.6 Å². The maximum absolute atomic E-state index is 11.4. The van der Waals surface area contributed by atoms with Gasteiger partial charge in [0.05, 0.1) is 17.5 Å². The number of anilines is 2. The average molecular weight is 301 g/mol. The molecule has 0 aliphatic rings. The van der Waals surface area contributed by atoms with Crippen molar-refractivity contribution in [2.75, 3.05) is 24.3 Å². The number of hydrogen-bond acceptors (Lipinski definition) is 5. The SMILES string of the molecule is CCOCC(Nc1cc(N)cc(S(N)(=O)=O)c1)C(C)C. The second kappa shape index (κ2) is 6.92. The van der Waals surface area contributed by atoms with Crippen LogP contribution in [0.25, 0.3) is 0 Å². The summed E-state index contributed by atoms with van der Waals surface area (Å²) in [5.41, 5.74) is 6.68. The highest BCUT2D eigenvalue weighted by molar-refractivity contribution is 7.89. The van der Waals surface area contributed by atoms with Gasteiger partial charge in [-0.05, 0) is 31.0 Å². The number of primary sulfonamides is 1. The van der Waals surface area contributed by atoms with Gasteiger partial charge in [0.15, 0.2) is 0 Å². The van der Waals surface area contributed by atoms with E-state index < -0.39 is 10.0 Å². The first-order chi connectivity index (χ1) is 9.24. The highest BCUT2D eigenvalue weighted by atomic mass is 32.2. The van der Waals surface area contributed by atoms with Gasteiger partial charge in [0.25, 0.3) is 0 Å². The van der Waals surface area contributed by atoms with Crippen molar-refractivity contribution in [2.24, 2.45) is 11.1 Å². The van der Waals surface area contributed by atoms with Gasteiger partial charge in [-0.2, -0.15) is 0 Å². The average Bonchev–Trinajstić information content (AvgIpc) is 2.32. The zero-order valence-electron chi connectivity index (χ0n) is 12.1. The first kappa shape index (κ1) is 16.7. The normalized spacial score (nSPS) is 13.4. The van der Waals surface area contributed by atoms with Crippen LogP contribution in [0, 0.1) is 5.92 Å². The van der Waals surface area contributed by atoms with Crippen molar-refractivity contribution >= 4 is 21.4 Å².